The first-order chi connectivity index (χ1) is 16.3. The fourth-order valence-electron chi connectivity index (χ4n) is 4.54. The van der Waals surface area contributed by atoms with Crippen LogP contribution in [0.3, 0.4) is 0 Å². The van der Waals surface area contributed by atoms with Crippen molar-refractivity contribution < 1.29 is 27.8 Å². The molecule has 0 amide bonds. The minimum absolute atomic E-state index is 0.0855. The Labute approximate surface area is 193 Å². The number of ether oxygens (including phenoxy) is 1. The highest BCUT2D eigenvalue weighted by Crippen LogP contribution is 2.38. The molecule has 3 aromatic carbocycles. The maximum absolute atomic E-state index is 13.1. The van der Waals surface area contributed by atoms with Crippen molar-refractivity contribution in [3.05, 3.63) is 77.9 Å². The molecule has 8 heteroatoms. The van der Waals surface area contributed by atoms with Crippen LogP contribution in [0.5, 0.6) is 11.5 Å². The second-order valence-electron chi connectivity index (χ2n) is 8.41. The van der Waals surface area contributed by atoms with Gasteiger partial charge in [-0.2, -0.15) is 13.2 Å². The summed E-state index contributed by atoms with van der Waals surface area (Å²) in [5, 5.41) is 9.37. The van der Waals surface area contributed by atoms with E-state index in [0.29, 0.717) is 17.1 Å². The van der Waals surface area contributed by atoms with E-state index in [9.17, 15) is 23.1 Å². The van der Waals surface area contributed by atoms with Crippen LogP contribution >= 0.6 is 0 Å². The monoisotopic (exact) mass is 466 g/mol. The largest absolute Gasteiger partial charge is 0.478 e. The lowest BCUT2D eigenvalue weighted by Crippen LogP contribution is -2.07. The fraction of sp³-hybridized carbons (Fsp3) is 0.231. The first-order valence-electron chi connectivity index (χ1n) is 11.0. The topological polar surface area (TPSA) is 64.3 Å². The molecule has 174 valence electrons. The molecule has 1 aliphatic rings. The van der Waals surface area contributed by atoms with E-state index in [1.54, 1.807) is 36.4 Å². The molecule has 0 atom stereocenters. The van der Waals surface area contributed by atoms with Gasteiger partial charge in [-0.25, -0.2) is 9.78 Å². The molecule has 4 aromatic rings. The lowest BCUT2D eigenvalue weighted by atomic mass is 10.1. The molecule has 0 bridgehead atoms. The van der Waals surface area contributed by atoms with Crippen LogP contribution in [0.25, 0.3) is 22.4 Å². The van der Waals surface area contributed by atoms with Crippen molar-refractivity contribution in [2.24, 2.45) is 0 Å². The number of rotatable bonds is 5. The number of alkyl halides is 3. The lowest BCUT2D eigenvalue weighted by molar-refractivity contribution is -0.137. The van der Waals surface area contributed by atoms with Crippen LogP contribution in [0.15, 0.2) is 66.7 Å². The number of aromatic nitrogens is 2. The van der Waals surface area contributed by atoms with Gasteiger partial charge in [0.05, 0.1) is 22.2 Å². The summed E-state index contributed by atoms with van der Waals surface area (Å²) in [7, 11) is 0. The molecule has 1 heterocycles. The standard InChI is InChI=1S/C26H21F3N2O3/c27-26(28,29)18-6-4-10-21(15-18)34-20-9-3-5-16(13-20)24-30-22-14-17(25(32)33)11-12-23(22)31(24)19-7-1-2-8-19/h3-6,9-15,19H,1-2,7-8H2,(H,32,33). The van der Waals surface area contributed by atoms with Gasteiger partial charge in [-0.15, -0.1) is 0 Å². The van der Waals surface area contributed by atoms with E-state index in [0.717, 1.165) is 48.9 Å². The molecule has 0 aliphatic heterocycles. The number of hydrogen-bond donors (Lipinski definition) is 1. The van der Waals surface area contributed by atoms with Gasteiger partial charge in [0.2, 0.25) is 0 Å². The first-order valence-corrected chi connectivity index (χ1v) is 11.0. The van der Waals surface area contributed by atoms with E-state index in [-0.39, 0.29) is 17.4 Å². The Morgan fingerprint density at radius 1 is 0.971 bits per heavy atom. The molecular formula is C26H21F3N2O3. The van der Waals surface area contributed by atoms with E-state index in [4.69, 9.17) is 9.72 Å². The molecular weight excluding hydrogens is 445 g/mol. The molecule has 1 fully saturated rings. The number of carbonyl (C=O) groups is 1. The summed E-state index contributed by atoms with van der Waals surface area (Å²) in [6, 6.07) is 17.0. The summed E-state index contributed by atoms with van der Waals surface area (Å²) in [6.45, 7) is 0. The summed E-state index contributed by atoms with van der Waals surface area (Å²) >= 11 is 0. The molecule has 1 saturated carbocycles. The van der Waals surface area contributed by atoms with Gasteiger partial charge in [0.15, 0.2) is 0 Å². The number of fused-ring (bicyclic) bond motifs is 1. The molecule has 1 aromatic heterocycles. The average Bonchev–Trinajstić information content (AvgIpc) is 3.46. The number of benzene rings is 3. The number of aromatic carboxylic acids is 1. The van der Waals surface area contributed by atoms with Crippen molar-refractivity contribution in [2.45, 2.75) is 37.9 Å². The van der Waals surface area contributed by atoms with Crippen LogP contribution in [0.2, 0.25) is 0 Å². The molecule has 34 heavy (non-hydrogen) atoms. The van der Waals surface area contributed by atoms with E-state index in [1.165, 1.54) is 12.1 Å². The molecule has 1 aliphatic carbocycles. The van der Waals surface area contributed by atoms with Gasteiger partial charge in [-0.05, 0) is 61.4 Å². The minimum Gasteiger partial charge on any atom is -0.478 e. The zero-order chi connectivity index (χ0) is 23.9. The van der Waals surface area contributed by atoms with Crippen molar-refractivity contribution in [1.29, 1.82) is 0 Å². The Balaban J connectivity index is 1.56. The van der Waals surface area contributed by atoms with Crippen LogP contribution in [0.4, 0.5) is 13.2 Å². The highest BCUT2D eigenvalue weighted by atomic mass is 19.4. The quantitative estimate of drug-likeness (QED) is 0.335. The predicted octanol–water partition coefficient (Wildman–Crippen LogP) is 7.33. The molecule has 5 rings (SSSR count). The van der Waals surface area contributed by atoms with Crippen LogP contribution < -0.4 is 4.74 Å². The van der Waals surface area contributed by atoms with Crippen LogP contribution in [0, 0.1) is 0 Å². The Hall–Kier alpha value is -3.81. The summed E-state index contributed by atoms with van der Waals surface area (Å²) < 4.78 is 47.1. The van der Waals surface area contributed by atoms with Gasteiger partial charge in [-0.3, -0.25) is 0 Å². The highest BCUT2D eigenvalue weighted by molar-refractivity contribution is 5.93. The van der Waals surface area contributed by atoms with Gasteiger partial charge in [0.1, 0.15) is 17.3 Å². The van der Waals surface area contributed by atoms with Crippen molar-refractivity contribution in [1.82, 2.24) is 9.55 Å². The maximum atomic E-state index is 13.1. The molecule has 0 radical (unpaired) electrons. The Morgan fingerprint density at radius 3 is 2.38 bits per heavy atom. The number of imidazole rings is 1. The third kappa shape index (κ3) is 4.23. The second-order valence-corrected chi connectivity index (χ2v) is 8.41. The maximum Gasteiger partial charge on any atom is 0.416 e. The summed E-state index contributed by atoms with van der Waals surface area (Å²) in [4.78, 5) is 16.2. The number of halogens is 3. The number of hydrogen-bond acceptors (Lipinski definition) is 3. The van der Waals surface area contributed by atoms with Crippen molar-refractivity contribution in [2.75, 3.05) is 0 Å². The summed E-state index contributed by atoms with van der Waals surface area (Å²) in [5.74, 6) is 0.129. The van der Waals surface area contributed by atoms with Gasteiger partial charge in [-0.1, -0.05) is 31.0 Å². The molecule has 1 N–H and O–H groups in total. The van der Waals surface area contributed by atoms with Crippen LogP contribution in [0.1, 0.15) is 47.6 Å². The summed E-state index contributed by atoms with van der Waals surface area (Å²) in [6.07, 6.45) is -0.243. The van der Waals surface area contributed by atoms with Gasteiger partial charge in [0, 0.05) is 11.6 Å². The Bertz CT molecular complexity index is 1370. The van der Waals surface area contributed by atoms with Crippen molar-refractivity contribution in [3.8, 4) is 22.9 Å². The summed E-state index contributed by atoms with van der Waals surface area (Å²) in [5.41, 5.74) is 1.57. The SMILES string of the molecule is O=C(O)c1ccc2c(c1)nc(-c1cccc(Oc3cccc(C(F)(F)F)c3)c1)n2C1CCCC1. The van der Waals surface area contributed by atoms with E-state index in [2.05, 4.69) is 4.57 Å². The molecule has 0 unspecified atom stereocenters. The second kappa shape index (κ2) is 8.52. The van der Waals surface area contributed by atoms with E-state index in [1.807, 2.05) is 6.07 Å². The first kappa shape index (κ1) is 22.0. The third-order valence-electron chi connectivity index (χ3n) is 6.12. The molecule has 5 nitrogen and oxygen atoms in total. The fourth-order valence-corrected chi connectivity index (χ4v) is 4.54. The van der Waals surface area contributed by atoms with Crippen LogP contribution in [-0.4, -0.2) is 20.6 Å². The zero-order valence-electron chi connectivity index (χ0n) is 18.0. The number of carboxylic acid groups (broad SMARTS) is 1. The smallest absolute Gasteiger partial charge is 0.416 e. The molecule has 0 spiro atoms. The normalized spacial score (nSPS) is 14.6. The van der Waals surface area contributed by atoms with Gasteiger partial charge in [0.25, 0.3) is 0 Å². The van der Waals surface area contributed by atoms with Gasteiger partial charge < -0.3 is 14.4 Å². The highest BCUT2D eigenvalue weighted by Gasteiger charge is 2.30. The van der Waals surface area contributed by atoms with Crippen molar-refractivity contribution >= 4 is 17.0 Å². The minimum atomic E-state index is -4.46. The molecule has 0 saturated heterocycles. The van der Waals surface area contributed by atoms with Gasteiger partial charge >= 0.3 is 12.1 Å². The lowest BCUT2D eigenvalue weighted by Gasteiger charge is -2.17. The predicted molar refractivity (Wildman–Crippen MR) is 121 cm³/mol. The number of carboxylic acids is 1. The third-order valence-corrected chi connectivity index (χ3v) is 6.12. The number of nitrogens with zero attached hydrogens (tertiary/aromatic N) is 2. The average molecular weight is 466 g/mol. The van der Waals surface area contributed by atoms with Crippen LogP contribution in [-0.2, 0) is 6.18 Å². The zero-order valence-corrected chi connectivity index (χ0v) is 18.0. The van der Waals surface area contributed by atoms with E-state index < -0.39 is 17.7 Å². The van der Waals surface area contributed by atoms with Crippen molar-refractivity contribution in [3.63, 3.8) is 0 Å². The van der Waals surface area contributed by atoms with E-state index >= 15 is 0 Å². The Morgan fingerprint density at radius 2 is 1.68 bits per heavy atom. The Kier molecular flexibility index (Phi) is 5.51.